The van der Waals surface area contributed by atoms with Crippen LogP contribution in [-0.2, 0) is 9.59 Å². The number of fused-ring (bicyclic) bond motifs is 2. The van der Waals surface area contributed by atoms with E-state index in [1.165, 1.54) is 4.90 Å². The van der Waals surface area contributed by atoms with Crippen LogP contribution in [0.2, 0.25) is 5.02 Å². The molecular formula is C25H15ClN2O2S. The summed E-state index contributed by atoms with van der Waals surface area (Å²) >= 11 is 11.4. The normalized spacial score (nSPS) is 15.7. The minimum Gasteiger partial charge on any atom is -0.298 e. The number of hydrogen-bond donors (Lipinski definition) is 1. The second-order valence-electron chi connectivity index (χ2n) is 7.17. The van der Waals surface area contributed by atoms with E-state index in [4.69, 9.17) is 23.8 Å². The lowest BCUT2D eigenvalue weighted by Crippen LogP contribution is -2.54. The SMILES string of the molecule is O=C1NC(=S)N(c2cccc(Cl)c2)C(=O)/C1=C/c1c2ccccc2cc2ccccc12. The molecule has 2 amide bonds. The summed E-state index contributed by atoms with van der Waals surface area (Å²) in [5.74, 6) is -1.02. The van der Waals surface area contributed by atoms with Crippen molar-refractivity contribution < 1.29 is 9.59 Å². The Bertz CT molecular complexity index is 1390. The van der Waals surface area contributed by atoms with Gasteiger partial charge in [0.2, 0.25) is 0 Å². The van der Waals surface area contributed by atoms with E-state index in [1.54, 1.807) is 30.3 Å². The van der Waals surface area contributed by atoms with E-state index in [9.17, 15) is 9.59 Å². The van der Waals surface area contributed by atoms with Gasteiger partial charge in [0.05, 0.1) is 5.69 Å². The molecule has 6 heteroatoms. The third-order valence-electron chi connectivity index (χ3n) is 5.27. The van der Waals surface area contributed by atoms with Crippen molar-refractivity contribution in [3.63, 3.8) is 0 Å². The van der Waals surface area contributed by atoms with Gasteiger partial charge in [0.25, 0.3) is 11.8 Å². The molecule has 1 saturated heterocycles. The molecule has 4 aromatic rings. The number of hydrogen-bond acceptors (Lipinski definition) is 3. The molecule has 31 heavy (non-hydrogen) atoms. The van der Waals surface area contributed by atoms with E-state index in [1.807, 2.05) is 48.5 Å². The van der Waals surface area contributed by atoms with E-state index in [0.717, 1.165) is 27.1 Å². The summed E-state index contributed by atoms with van der Waals surface area (Å²) in [7, 11) is 0. The number of carbonyl (C=O) groups excluding carboxylic acids is 2. The lowest BCUT2D eigenvalue weighted by molar-refractivity contribution is -0.122. The van der Waals surface area contributed by atoms with Crippen molar-refractivity contribution in [1.29, 1.82) is 0 Å². The number of carbonyl (C=O) groups is 2. The molecule has 0 atom stereocenters. The smallest absolute Gasteiger partial charge is 0.270 e. The summed E-state index contributed by atoms with van der Waals surface area (Å²) in [4.78, 5) is 27.5. The van der Waals surface area contributed by atoms with Crippen molar-refractivity contribution >= 4 is 74.1 Å². The van der Waals surface area contributed by atoms with Crippen LogP contribution in [0.4, 0.5) is 5.69 Å². The third kappa shape index (κ3) is 3.38. The van der Waals surface area contributed by atoms with E-state index in [0.29, 0.717) is 10.7 Å². The zero-order chi connectivity index (χ0) is 21.5. The van der Waals surface area contributed by atoms with Crippen molar-refractivity contribution in [2.45, 2.75) is 0 Å². The van der Waals surface area contributed by atoms with Gasteiger partial charge in [-0.05, 0) is 69.7 Å². The molecule has 4 nitrogen and oxygen atoms in total. The van der Waals surface area contributed by atoms with Crippen LogP contribution in [0.25, 0.3) is 27.6 Å². The number of amides is 2. The Balaban J connectivity index is 1.73. The Morgan fingerprint density at radius 1 is 0.839 bits per heavy atom. The van der Waals surface area contributed by atoms with Crippen LogP contribution in [-0.4, -0.2) is 16.9 Å². The van der Waals surface area contributed by atoms with Crippen LogP contribution < -0.4 is 10.2 Å². The molecule has 0 bridgehead atoms. The maximum absolute atomic E-state index is 13.4. The van der Waals surface area contributed by atoms with Gasteiger partial charge >= 0.3 is 0 Å². The molecular weight excluding hydrogens is 428 g/mol. The van der Waals surface area contributed by atoms with Gasteiger partial charge in [-0.15, -0.1) is 0 Å². The highest BCUT2D eigenvalue weighted by Crippen LogP contribution is 2.32. The van der Waals surface area contributed by atoms with Crippen molar-refractivity contribution in [2.75, 3.05) is 4.90 Å². The summed E-state index contributed by atoms with van der Waals surface area (Å²) in [6.07, 6.45) is 1.65. The zero-order valence-electron chi connectivity index (χ0n) is 16.1. The zero-order valence-corrected chi connectivity index (χ0v) is 17.7. The van der Waals surface area contributed by atoms with Gasteiger partial charge in [-0.1, -0.05) is 66.2 Å². The predicted molar refractivity (Wildman–Crippen MR) is 129 cm³/mol. The van der Waals surface area contributed by atoms with Crippen LogP contribution >= 0.6 is 23.8 Å². The fourth-order valence-corrected chi connectivity index (χ4v) is 4.32. The fraction of sp³-hybridized carbons (Fsp3) is 0. The maximum atomic E-state index is 13.4. The first kappa shape index (κ1) is 19.4. The molecule has 1 N–H and O–H groups in total. The van der Waals surface area contributed by atoms with Gasteiger partial charge < -0.3 is 0 Å². The fourth-order valence-electron chi connectivity index (χ4n) is 3.86. The molecule has 1 aliphatic rings. The minimum absolute atomic E-state index is 0.00933. The van der Waals surface area contributed by atoms with E-state index < -0.39 is 11.8 Å². The number of halogens is 1. The van der Waals surface area contributed by atoms with Gasteiger partial charge in [-0.2, -0.15) is 0 Å². The van der Waals surface area contributed by atoms with Crippen LogP contribution in [0.3, 0.4) is 0 Å². The molecule has 0 saturated carbocycles. The first-order valence-electron chi connectivity index (χ1n) is 9.60. The highest BCUT2D eigenvalue weighted by atomic mass is 35.5. The number of benzene rings is 4. The molecule has 1 fully saturated rings. The van der Waals surface area contributed by atoms with Crippen molar-refractivity contribution in [2.24, 2.45) is 0 Å². The minimum atomic E-state index is -0.523. The second kappa shape index (κ2) is 7.61. The van der Waals surface area contributed by atoms with Crippen LogP contribution in [0, 0.1) is 0 Å². The van der Waals surface area contributed by atoms with Gasteiger partial charge in [-0.25, -0.2) is 0 Å². The molecule has 0 radical (unpaired) electrons. The monoisotopic (exact) mass is 442 g/mol. The van der Waals surface area contributed by atoms with Gasteiger partial charge in [-0.3, -0.25) is 19.8 Å². The van der Waals surface area contributed by atoms with E-state index in [2.05, 4.69) is 11.4 Å². The topological polar surface area (TPSA) is 49.4 Å². The quantitative estimate of drug-likeness (QED) is 0.193. The molecule has 0 aromatic heterocycles. The highest BCUT2D eigenvalue weighted by molar-refractivity contribution is 7.80. The number of nitrogens with zero attached hydrogens (tertiary/aromatic N) is 1. The molecule has 1 aliphatic heterocycles. The Hall–Kier alpha value is -3.54. The van der Waals surface area contributed by atoms with Crippen LogP contribution in [0.5, 0.6) is 0 Å². The average molecular weight is 443 g/mol. The Morgan fingerprint density at radius 3 is 2.13 bits per heavy atom. The summed E-state index contributed by atoms with van der Waals surface area (Å²) in [5, 5.41) is 7.09. The van der Waals surface area contributed by atoms with E-state index in [-0.39, 0.29) is 10.7 Å². The lowest BCUT2D eigenvalue weighted by atomic mass is 9.94. The molecule has 0 aliphatic carbocycles. The standard InChI is InChI=1S/C25H15ClN2O2S/c26-17-8-5-9-18(13-17)28-24(30)22(23(29)27-25(28)31)14-21-19-10-3-1-6-15(19)12-16-7-2-4-11-20(16)21/h1-14H,(H,27,29,31)/b22-14+. The Morgan fingerprint density at radius 2 is 1.48 bits per heavy atom. The number of nitrogens with one attached hydrogen (secondary N) is 1. The molecule has 0 unspecified atom stereocenters. The largest absolute Gasteiger partial charge is 0.298 e. The highest BCUT2D eigenvalue weighted by Gasteiger charge is 2.34. The van der Waals surface area contributed by atoms with Gasteiger partial charge in [0, 0.05) is 5.02 Å². The lowest BCUT2D eigenvalue weighted by Gasteiger charge is -2.29. The number of thiocarbonyl (C=S) groups is 1. The number of rotatable bonds is 2. The van der Waals surface area contributed by atoms with E-state index >= 15 is 0 Å². The first-order chi connectivity index (χ1) is 15.0. The van der Waals surface area contributed by atoms with Gasteiger partial charge in [0.15, 0.2) is 5.11 Å². The van der Waals surface area contributed by atoms with Crippen molar-refractivity contribution in [3.05, 3.63) is 95.0 Å². The summed E-state index contributed by atoms with van der Waals surface area (Å²) in [5.41, 5.74) is 1.32. The molecule has 150 valence electrons. The maximum Gasteiger partial charge on any atom is 0.270 e. The van der Waals surface area contributed by atoms with Crippen LogP contribution in [0.15, 0.2) is 84.4 Å². The Labute approximate surface area is 188 Å². The second-order valence-corrected chi connectivity index (χ2v) is 7.99. The molecule has 1 heterocycles. The summed E-state index contributed by atoms with van der Waals surface area (Å²) in [6, 6.07) is 24.7. The third-order valence-corrected chi connectivity index (χ3v) is 5.79. The molecule has 0 spiro atoms. The number of anilines is 1. The van der Waals surface area contributed by atoms with Crippen molar-refractivity contribution in [1.82, 2.24) is 5.32 Å². The Kier molecular flexibility index (Phi) is 4.77. The predicted octanol–water partition coefficient (Wildman–Crippen LogP) is 5.48. The van der Waals surface area contributed by atoms with Gasteiger partial charge in [0.1, 0.15) is 5.57 Å². The summed E-state index contributed by atoms with van der Waals surface area (Å²) < 4.78 is 0. The molecule has 5 rings (SSSR count). The summed E-state index contributed by atoms with van der Waals surface area (Å²) in [6.45, 7) is 0. The molecule has 4 aromatic carbocycles. The average Bonchev–Trinajstić information content (AvgIpc) is 2.76. The first-order valence-corrected chi connectivity index (χ1v) is 10.4. The van der Waals surface area contributed by atoms with Crippen LogP contribution in [0.1, 0.15) is 5.56 Å². The van der Waals surface area contributed by atoms with Crippen molar-refractivity contribution in [3.8, 4) is 0 Å².